The van der Waals surface area contributed by atoms with Gasteiger partial charge in [0, 0.05) is 11.9 Å². The van der Waals surface area contributed by atoms with Gasteiger partial charge in [0.05, 0.1) is 6.61 Å². The van der Waals surface area contributed by atoms with E-state index in [4.69, 9.17) is 21.1 Å². The first-order valence-electron chi connectivity index (χ1n) is 6.74. The molecule has 0 aliphatic carbocycles. The molecule has 0 spiro atoms. The van der Waals surface area contributed by atoms with Gasteiger partial charge in [0.2, 0.25) is 12.2 Å². The fourth-order valence-electron chi connectivity index (χ4n) is 2.22. The molecule has 1 aliphatic heterocycles. The Bertz CT molecular complexity index is 511. The molecular weight excluding hydrogens is 314 g/mol. The Hall–Kier alpha value is -1.38. The second kappa shape index (κ2) is 7.26. The van der Waals surface area contributed by atoms with Crippen molar-refractivity contribution in [3.05, 3.63) is 29.3 Å². The molecule has 4 N–H and O–H groups in total. The molecule has 0 bridgehead atoms. The van der Waals surface area contributed by atoms with E-state index in [1.165, 1.54) is 6.92 Å². The number of nitrogens with one attached hydrogen (secondary N) is 1. The van der Waals surface area contributed by atoms with Gasteiger partial charge in [0.25, 0.3) is 0 Å². The zero-order valence-corrected chi connectivity index (χ0v) is 12.6. The first kappa shape index (κ1) is 17.0. The molecule has 1 amide bonds. The molecule has 1 aliphatic rings. The summed E-state index contributed by atoms with van der Waals surface area (Å²) < 4.78 is 11.0. The highest BCUT2D eigenvalue weighted by Crippen LogP contribution is 2.25. The van der Waals surface area contributed by atoms with Crippen LogP contribution in [0, 0.1) is 0 Å². The molecule has 0 saturated carbocycles. The van der Waals surface area contributed by atoms with Crippen molar-refractivity contribution in [3.63, 3.8) is 0 Å². The second-order valence-corrected chi connectivity index (χ2v) is 5.44. The lowest BCUT2D eigenvalue weighted by Gasteiger charge is -2.42. The van der Waals surface area contributed by atoms with Crippen molar-refractivity contribution in [2.24, 2.45) is 0 Å². The average Bonchev–Trinajstić information content (AvgIpc) is 2.48. The number of carbonyl (C=O) groups is 1. The monoisotopic (exact) mass is 331 g/mol. The van der Waals surface area contributed by atoms with E-state index in [9.17, 15) is 20.1 Å². The minimum atomic E-state index is -1.34. The van der Waals surface area contributed by atoms with Crippen molar-refractivity contribution in [3.8, 4) is 5.75 Å². The predicted octanol–water partition coefficient (Wildman–Crippen LogP) is -0.338. The fraction of sp³-hybridized carbons (Fsp3) is 0.500. The number of aliphatic hydroxyl groups excluding tert-OH is 3. The summed E-state index contributed by atoms with van der Waals surface area (Å²) in [4.78, 5) is 11.3. The molecule has 1 saturated heterocycles. The summed E-state index contributed by atoms with van der Waals surface area (Å²) in [6, 6.07) is 5.44. The smallest absolute Gasteiger partial charge is 0.223 e. The van der Waals surface area contributed by atoms with Crippen LogP contribution in [0.1, 0.15) is 6.92 Å². The molecule has 1 aromatic carbocycles. The maximum absolute atomic E-state index is 11.3. The van der Waals surface area contributed by atoms with Crippen LogP contribution >= 0.6 is 11.6 Å². The number of hydrogen-bond acceptors (Lipinski definition) is 6. The SMILES string of the molecule is CC(=O)N[C@@H]1[C@H](Oc2ccc(Cl)cc2)O[C@H](CO)[C@@H](O)[C@H]1O. The maximum Gasteiger partial charge on any atom is 0.223 e. The van der Waals surface area contributed by atoms with Crippen molar-refractivity contribution >= 4 is 17.5 Å². The number of carbonyl (C=O) groups excluding carboxylic acids is 1. The molecule has 5 atom stereocenters. The lowest BCUT2D eigenvalue weighted by Crippen LogP contribution is -2.65. The summed E-state index contributed by atoms with van der Waals surface area (Å²) in [6.07, 6.45) is -4.77. The van der Waals surface area contributed by atoms with Crippen LogP contribution in [0.25, 0.3) is 0 Å². The van der Waals surface area contributed by atoms with Crippen LogP contribution in [0.2, 0.25) is 5.02 Å². The van der Waals surface area contributed by atoms with E-state index in [1.54, 1.807) is 24.3 Å². The van der Waals surface area contributed by atoms with E-state index in [0.29, 0.717) is 10.8 Å². The van der Waals surface area contributed by atoms with Gasteiger partial charge in [-0.05, 0) is 24.3 Å². The van der Waals surface area contributed by atoms with E-state index in [2.05, 4.69) is 5.32 Å². The van der Waals surface area contributed by atoms with Crippen molar-refractivity contribution < 1.29 is 29.6 Å². The summed E-state index contributed by atoms with van der Waals surface area (Å²) in [5.41, 5.74) is 0. The summed E-state index contributed by atoms with van der Waals surface area (Å²) in [6.45, 7) is 0.780. The van der Waals surface area contributed by atoms with E-state index in [0.717, 1.165) is 0 Å². The number of hydrogen-bond donors (Lipinski definition) is 4. The quantitative estimate of drug-likeness (QED) is 0.601. The fourth-order valence-corrected chi connectivity index (χ4v) is 2.34. The molecule has 7 nitrogen and oxygen atoms in total. The topological polar surface area (TPSA) is 108 Å². The zero-order chi connectivity index (χ0) is 16.3. The van der Waals surface area contributed by atoms with E-state index in [-0.39, 0.29) is 0 Å². The summed E-state index contributed by atoms with van der Waals surface area (Å²) in [7, 11) is 0. The van der Waals surface area contributed by atoms with Crippen LogP contribution in [0.4, 0.5) is 0 Å². The van der Waals surface area contributed by atoms with Gasteiger partial charge in [-0.2, -0.15) is 0 Å². The van der Waals surface area contributed by atoms with Gasteiger partial charge < -0.3 is 30.1 Å². The van der Waals surface area contributed by atoms with Gasteiger partial charge in [-0.25, -0.2) is 0 Å². The third kappa shape index (κ3) is 3.88. The summed E-state index contributed by atoms with van der Waals surface area (Å²) >= 11 is 5.79. The number of benzene rings is 1. The van der Waals surface area contributed by atoms with Crippen molar-refractivity contribution in [2.75, 3.05) is 6.61 Å². The minimum Gasteiger partial charge on any atom is -0.463 e. The standard InChI is InChI=1S/C14H18ClNO6/c1-7(18)16-11-13(20)12(19)10(6-17)22-14(11)21-9-4-2-8(15)3-5-9/h2-5,10-14,17,19-20H,6H2,1H3,(H,16,18)/t10-,11+,12-,13+,14-/m1/s1. The molecule has 2 rings (SSSR count). The van der Waals surface area contributed by atoms with Crippen LogP contribution in [-0.4, -0.2) is 58.5 Å². The Morgan fingerprint density at radius 3 is 2.50 bits per heavy atom. The predicted molar refractivity (Wildman–Crippen MR) is 77.4 cm³/mol. The molecule has 0 aromatic heterocycles. The Labute approximate surface area is 132 Å². The van der Waals surface area contributed by atoms with Gasteiger partial charge in [-0.15, -0.1) is 0 Å². The molecule has 22 heavy (non-hydrogen) atoms. The molecule has 0 radical (unpaired) electrons. The van der Waals surface area contributed by atoms with Crippen molar-refractivity contribution in [1.82, 2.24) is 5.32 Å². The number of ether oxygens (including phenoxy) is 2. The largest absolute Gasteiger partial charge is 0.463 e. The Morgan fingerprint density at radius 2 is 1.95 bits per heavy atom. The van der Waals surface area contributed by atoms with Crippen LogP contribution in [0.5, 0.6) is 5.75 Å². The Kier molecular flexibility index (Phi) is 5.60. The van der Waals surface area contributed by atoms with Crippen molar-refractivity contribution in [1.29, 1.82) is 0 Å². The van der Waals surface area contributed by atoms with E-state index in [1.807, 2.05) is 0 Å². The van der Waals surface area contributed by atoms with Crippen LogP contribution in [0.15, 0.2) is 24.3 Å². The molecule has 1 aromatic rings. The first-order valence-corrected chi connectivity index (χ1v) is 7.12. The Balaban J connectivity index is 2.18. The minimum absolute atomic E-state index is 0.407. The number of halogens is 1. The lowest BCUT2D eigenvalue weighted by molar-refractivity contribution is -0.244. The molecule has 122 valence electrons. The highest BCUT2D eigenvalue weighted by Gasteiger charge is 2.46. The number of aliphatic hydroxyl groups is 3. The average molecular weight is 332 g/mol. The number of amides is 1. The van der Waals surface area contributed by atoms with Crippen LogP contribution < -0.4 is 10.1 Å². The highest BCUT2D eigenvalue weighted by molar-refractivity contribution is 6.30. The summed E-state index contributed by atoms with van der Waals surface area (Å²) in [5, 5.41) is 32.2. The third-order valence-corrected chi connectivity index (χ3v) is 3.57. The first-order chi connectivity index (χ1) is 10.4. The molecule has 0 unspecified atom stereocenters. The second-order valence-electron chi connectivity index (χ2n) is 5.00. The lowest BCUT2D eigenvalue weighted by atomic mass is 9.97. The Morgan fingerprint density at radius 1 is 1.32 bits per heavy atom. The molecule has 1 fully saturated rings. The normalized spacial score (nSPS) is 31.6. The van der Waals surface area contributed by atoms with Crippen LogP contribution in [0.3, 0.4) is 0 Å². The van der Waals surface area contributed by atoms with Crippen molar-refractivity contribution in [2.45, 2.75) is 37.6 Å². The molecular formula is C14H18ClNO6. The maximum atomic E-state index is 11.3. The number of rotatable bonds is 4. The highest BCUT2D eigenvalue weighted by atomic mass is 35.5. The van der Waals surface area contributed by atoms with Crippen LogP contribution in [-0.2, 0) is 9.53 Å². The zero-order valence-electron chi connectivity index (χ0n) is 11.8. The van der Waals surface area contributed by atoms with E-state index >= 15 is 0 Å². The molecule has 1 heterocycles. The van der Waals surface area contributed by atoms with Gasteiger partial charge in [-0.1, -0.05) is 11.6 Å². The third-order valence-electron chi connectivity index (χ3n) is 3.32. The summed E-state index contributed by atoms with van der Waals surface area (Å²) in [5.74, 6) is -0.00274. The van der Waals surface area contributed by atoms with Gasteiger partial charge in [0.1, 0.15) is 30.1 Å². The molecule has 8 heteroatoms. The van der Waals surface area contributed by atoms with Gasteiger partial charge >= 0.3 is 0 Å². The van der Waals surface area contributed by atoms with Gasteiger partial charge in [-0.3, -0.25) is 4.79 Å². The van der Waals surface area contributed by atoms with E-state index < -0.39 is 43.2 Å². The van der Waals surface area contributed by atoms with Gasteiger partial charge in [0.15, 0.2) is 0 Å².